The summed E-state index contributed by atoms with van der Waals surface area (Å²) in [4.78, 5) is 16.5. The number of pyridine rings is 1. The van der Waals surface area contributed by atoms with Gasteiger partial charge in [-0.1, -0.05) is 54.6 Å². The van der Waals surface area contributed by atoms with E-state index in [4.69, 9.17) is 15.5 Å². The molecule has 6 heteroatoms. The predicted molar refractivity (Wildman–Crippen MR) is 115 cm³/mol. The zero-order valence-electron chi connectivity index (χ0n) is 16.7. The molecular weight excluding hydrogens is 378 g/mol. The summed E-state index contributed by atoms with van der Waals surface area (Å²) in [6.45, 7) is 1.77. The van der Waals surface area contributed by atoms with Gasteiger partial charge in [0.1, 0.15) is 5.69 Å². The van der Waals surface area contributed by atoms with Crippen molar-refractivity contribution in [2.45, 2.75) is 30.9 Å². The smallest absolute Gasteiger partial charge is 0.262 e. The summed E-state index contributed by atoms with van der Waals surface area (Å²) in [5.74, 6) is 0.226. The molecule has 1 fully saturated rings. The molecule has 0 radical (unpaired) electrons. The number of carbonyl (C=O) groups is 1. The first kappa shape index (κ1) is 18.8. The number of hydrogen-bond acceptors (Lipinski definition) is 5. The largest absolute Gasteiger partial charge is 0.466 e. The summed E-state index contributed by atoms with van der Waals surface area (Å²) in [7, 11) is 0. The molecule has 1 saturated carbocycles. The van der Waals surface area contributed by atoms with Gasteiger partial charge in [0.25, 0.3) is 5.91 Å². The van der Waals surface area contributed by atoms with Gasteiger partial charge >= 0.3 is 0 Å². The first-order chi connectivity index (χ1) is 14.3. The summed E-state index contributed by atoms with van der Waals surface area (Å²) < 4.78 is 5.55. The first-order valence-corrected chi connectivity index (χ1v) is 9.98. The molecule has 0 bridgehead atoms. The predicted octanol–water partition coefficient (Wildman–Crippen LogP) is 3.45. The molecule has 5 rings (SSSR count). The molecule has 1 amide bonds. The topological polar surface area (TPSA) is 97.5 Å². The van der Waals surface area contributed by atoms with Crippen LogP contribution in [0.2, 0.25) is 0 Å². The number of nitrogens with two attached hydrogens (primary N) is 1. The molecule has 0 unspecified atom stereocenters. The molecule has 0 atom stereocenters. The van der Waals surface area contributed by atoms with E-state index in [0.29, 0.717) is 24.4 Å². The van der Waals surface area contributed by atoms with Crippen molar-refractivity contribution in [3.05, 3.63) is 66.2 Å². The maximum Gasteiger partial charge on any atom is 0.262 e. The molecule has 30 heavy (non-hydrogen) atoms. The van der Waals surface area contributed by atoms with E-state index in [0.717, 1.165) is 27.9 Å². The SMILES string of the molecule is CC1(O)CC(N)(c2ccc(-c3nc4c(cc3-c3ccccc3)NC(=O)CO4)cc2)C1. The van der Waals surface area contributed by atoms with Crippen LogP contribution in [-0.4, -0.2) is 28.2 Å². The maximum atomic E-state index is 11.7. The third-order valence-electron chi connectivity index (χ3n) is 5.81. The highest BCUT2D eigenvalue weighted by Gasteiger charge is 2.49. The Morgan fingerprint density at radius 1 is 1.07 bits per heavy atom. The number of benzene rings is 2. The number of carbonyl (C=O) groups excluding carboxylic acids is 1. The van der Waals surface area contributed by atoms with E-state index < -0.39 is 11.1 Å². The Morgan fingerprint density at radius 3 is 2.43 bits per heavy atom. The molecule has 1 aromatic heterocycles. The second-order valence-electron chi connectivity index (χ2n) is 8.52. The third-order valence-corrected chi connectivity index (χ3v) is 5.81. The number of aliphatic hydroxyl groups is 1. The molecule has 2 heterocycles. The van der Waals surface area contributed by atoms with Gasteiger partial charge in [-0.3, -0.25) is 4.79 Å². The number of anilines is 1. The number of aromatic nitrogens is 1. The Morgan fingerprint density at radius 2 is 1.77 bits per heavy atom. The quantitative estimate of drug-likeness (QED) is 0.625. The Labute approximate surface area is 174 Å². The van der Waals surface area contributed by atoms with Crippen LogP contribution in [-0.2, 0) is 10.3 Å². The monoisotopic (exact) mass is 401 g/mol. The van der Waals surface area contributed by atoms with Gasteiger partial charge in [0.2, 0.25) is 5.88 Å². The number of amides is 1. The standard InChI is InChI=1S/C24H23N3O3/c1-23(29)13-24(25,14-23)17-9-7-16(8-10-17)21-18(15-5-3-2-4-6-15)11-19-22(27-21)30-12-20(28)26-19/h2-11,29H,12-14,25H2,1H3,(H,26,28). The van der Waals surface area contributed by atoms with Gasteiger partial charge in [0.15, 0.2) is 6.61 Å². The number of ether oxygens (including phenoxy) is 1. The fourth-order valence-corrected chi connectivity index (χ4v) is 4.55. The van der Waals surface area contributed by atoms with E-state index in [9.17, 15) is 9.90 Å². The van der Waals surface area contributed by atoms with Crippen molar-refractivity contribution >= 4 is 11.6 Å². The summed E-state index contributed by atoms with van der Waals surface area (Å²) in [5, 5.41) is 12.9. The minimum Gasteiger partial charge on any atom is -0.466 e. The Bertz CT molecular complexity index is 1120. The Hall–Kier alpha value is -3.22. The van der Waals surface area contributed by atoms with Crippen LogP contribution in [0.1, 0.15) is 25.3 Å². The molecule has 0 saturated heterocycles. The second-order valence-corrected chi connectivity index (χ2v) is 8.52. The molecule has 152 valence electrons. The highest BCUT2D eigenvalue weighted by atomic mass is 16.5. The first-order valence-electron chi connectivity index (χ1n) is 9.98. The molecule has 3 aromatic rings. The summed E-state index contributed by atoms with van der Waals surface area (Å²) in [6.07, 6.45) is 1.08. The van der Waals surface area contributed by atoms with Gasteiger partial charge < -0.3 is 20.9 Å². The highest BCUT2D eigenvalue weighted by molar-refractivity contribution is 5.97. The normalized spacial score (nSPS) is 25.0. The van der Waals surface area contributed by atoms with Crippen LogP contribution < -0.4 is 15.8 Å². The molecule has 6 nitrogen and oxygen atoms in total. The molecule has 4 N–H and O–H groups in total. The van der Waals surface area contributed by atoms with Crippen molar-refractivity contribution in [3.8, 4) is 28.3 Å². The van der Waals surface area contributed by atoms with E-state index in [1.165, 1.54) is 0 Å². The zero-order valence-corrected chi connectivity index (χ0v) is 16.7. The summed E-state index contributed by atoms with van der Waals surface area (Å²) in [5.41, 5.74) is 10.5. The summed E-state index contributed by atoms with van der Waals surface area (Å²) in [6, 6.07) is 19.8. The lowest BCUT2D eigenvalue weighted by Gasteiger charge is -2.49. The van der Waals surface area contributed by atoms with E-state index >= 15 is 0 Å². The molecule has 1 aliphatic heterocycles. The maximum absolute atomic E-state index is 11.7. The minimum atomic E-state index is -0.699. The highest BCUT2D eigenvalue weighted by Crippen LogP contribution is 2.46. The van der Waals surface area contributed by atoms with Crippen LogP contribution in [0.15, 0.2) is 60.7 Å². The van der Waals surface area contributed by atoms with Gasteiger partial charge in [-0.05, 0) is 37.0 Å². The molecule has 1 aliphatic carbocycles. The third kappa shape index (κ3) is 3.24. The van der Waals surface area contributed by atoms with Gasteiger partial charge in [0, 0.05) is 16.7 Å². The van der Waals surface area contributed by atoms with Crippen LogP contribution in [0.3, 0.4) is 0 Å². The lowest BCUT2D eigenvalue weighted by atomic mass is 9.63. The minimum absolute atomic E-state index is 0.0430. The number of nitrogens with zero attached hydrogens (tertiary/aromatic N) is 1. The average Bonchev–Trinajstić information content (AvgIpc) is 2.72. The van der Waals surface area contributed by atoms with Crippen molar-refractivity contribution in [2.75, 3.05) is 11.9 Å². The molecule has 0 spiro atoms. The van der Waals surface area contributed by atoms with Gasteiger partial charge in [-0.2, -0.15) is 0 Å². The van der Waals surface area contributed by atoms with Crippen molar-refractivity contribution in [3.63, 3.8) is 0 Å². The van der Waals surface area contributed by atoms with Crippen LogP contribution >= 0.6 is 0 Å². The number of hydrogen-bond donors (Lipinski definition) is 3. The van der Waals surface area contributed by atoms with Gasteiger partial charge in [0.05, 0.1) is 11.3 Å². The Balaban J connectivity index is 1.57. The lowest BCUT2D eigenvalue weighted by Crippen LogP contribution is -2.58. The average molecular weight is 401 g/mol. The van der Waals surface area contributed by atoms with E-state index in [1.807, 2.05) is 67.6 Å². The number of nitrogens with one attached hydrogen (secondary N) is 1. The van der Waals surface area contributed by atoms with Gasteiger partial charge in [-0.15, -0.1) is 0 Å². The van der Waals surface area contributed by atoms with Crippen LogP contribution in [0, 0.1) is 0 Å². The molecule has 2 aliphatic rings. The van der Waals surface area contributed by atoms with Crippen LogP contribution in [0.4, 0.5) is 5.69 Å². The van der Waals surface area contributed by atoms with Crippen LogP contribution in [0.5, 0.6) is 5.88 Å². The Kier molecular flexibility index (Phi) is 4.17. The van der Waals surface area contributed by atoms with Crippen molar-refractivity contribution in [2.24, 2.45) is 5.73 Å². The second kappa shape index (κ2) is 6.65. The van der Waals surface area contributed by atoms with E-state index in [-0.39, 0.29) is 12.5 Å². The zero-order chi connectivity index (χ0) is 20.9. The fraction of sp³-hybridized carbons (Fsp3) is 0.250. The molecular formula is C24H23N3O3. The van der Waals surface area contributed by atoms with Crippen LogP contribution in [0.25, 0.3) is 22.4 Å². The number of rotatable bonds is 3. The number of fused-ring (bicyclic) bond motifs is 1. The van der Waals surface area contributed by atoms with E-state index in [2.05, 4.69) is 5.32 Å². The van der Waals surface area contributed by atoms with Crippen molar-refractivity contribution in [1.29, 1.82) is 0 Å². The summed E-state index contributed by atoms with van der Waals surface area (Å²) >= 11 is 0. The fourth-order valence-electron chi connectivity index (χ4n) is 4.55. The van der Waals surface area contributed by atoms with Crippen molar-refractivity contribution in [1.82, 2.24) is 4.98 Å². The lowest BCUT2D eigenvalue weighted by molar-refractivity contribution is -0.118. The van der Waals surface area contributed by atoms with E-state index in [1.54, 1.807) is 0 Å². The van der Waals surface area contributed by atoms with Gasteiger partial charge in [-0.25, -0.2) is 4.98 Å². The molecule has 2 aromatic carbocycles. The van der Waals surface area contributed by atoms with Crippen molar-refractivity contribution < 1.29 is 14.6 Å².